The summed E-state index contributed by atoms with van der Waals surface area (Å²) < 4.78 is 14.7. The minimum absolute atomic E-state index is 0.128. The van der Waals surface area contributed by atoms with Crippen LogP contribution in [-0.2, 0) is 18.4 Å². The second kappa shape index (κ2) is 6.49. The maximum absolute atomic E-state index is 13.1. The van der Waals surface area contributed by atoms with E-state index in [1.807, 2.05) is 31.0 Å². The molecule has 0 bridgehead atoms. The van der Waals surface area contributed by atoms with Gasteiger partial charge in [-0.3, -0.25) is 14.4 Å². The van der Waals surface area contributed by atoms with Gasteiger partial charge in [-0.05, 0) is 31.7 Å². The van der Waals surface area contributed by atoms with Crippen LogP contribution in [0.2, 0.25) is 0 Å². The van der Waals surface area contributed by atoms with Gasteiger partial charge in [0.05, 0.1) is 12.2 Å². The van der Waals surface area contributed by atoms with Gasteiger partial charge in [0, 0.05) is 19.7 Å². The molecule has 2 rings (SSSR count). The van der Waals surface area contributed by atoms with Crippen molar-refractivity contribution >= 4 is 11.7 Å². The predicted molar refractivity (Wildman–Crippen MR) is 79.3 cm³/mol. The summed E-state index contributed by atoms with van der Waals surface area (Å²) in [6.45, 7) is 2.60. The number of halogens is 1. The summed E-state index contributed by atoms with van der Waals surface area (Å²) in [5.74, 6) is 0.268. The van der Waals surface area contributed by atoms with Crippen molar-refractivity contribution in [3.8, 4) is 0 Å². The molecule has 5 nitrogen and oxygen atoms in total. The van der Waals surface area contributed by atoms with Crippen molar-refractivity contribution in [2.45, 2.75) is 13.5 Å². The molecule has 0 fully saturated rings. The van der Waals surface area contributed by atoms with Gasteiger partial charge in [-0.1, -0.05) is 12.1 Å². The van der Waals surface area contributed by atoms with Gasteiger partial charge in [-0.15, -0.1) is 0 Å². The second-order valence-corrected chi connectivity index (χ2v) is 5.14. The van der Waals surface area contributed by atoms with Crippen LogP contribution in [0.25, 0.3) is 0 Å². The van der Waals surface area contributed by atoms with Gasteiger partial charge in [0.2, 0.25) is 5.91 Å². The fraction of sp³-hybridized carbons (Fsp3) is 0.333. The zero-order valence-corrected chi connectivity index (χ0v) is 12.4. The largest absolute Gasteiger partial charge is 0.310 e. The summed E-state index contributed by atoms with van der Waals surface area (Å²) in [4.78, 5) is 13.8. The van der Waals surface area contributed by atoms with Crippen LogP contribution < -0.4 is 5.32 Å². The summed E-state index contributed by atoms with van der Waals surface area (Å²) >= 11 is 0. The Morgan fingerprint density at radius 3 is 2.81 bits per heavy atom. The maximum Gasteiger partial charge on any atom is 0.239 e. The van der Waals surface area contributed by atoms with Gasteiger partial charge >= 0.3 is 0 Å². The number of amides is 1. The van der Waals surface area contributed by atoms with Crippen molar-refractivity contribution in [2.75, 3.05) is 18.9 Å². The minimum atomic E-state index is -0.268. The molecule has 6 heteroatoms. The quantitative estimate of drug-likeness (QED) is 0.915. The Bertz CT molecular complexity index is 638. The number of nitrogens with one attached hydrogen (secondary N) is 1. The molecular formula is C15H19FN4O. The molecule has 1 aromatic heterocycles. The van der Waals surface area contributed by atoms with Crippen molar-refractivity contribution in [3.05, 3.63) is 47.4 Å². The predicted octanol–water partition coefficient (Wildman–Crippen LogP) is 1.94. The second-order valence-electron chi connectivity index (χ2n) is 5.14. The minimum Gasteiger partial charge on any atom is -0.310 e. The molecule has 0 aliphatic carbocycles. The number of benzene rings is 1. The van der Waals surface area contributed by atoms with Crippen molar-refractivity contribution in [3.63, 3.8) is 0 Å². The molecule has 1 heterocycles. The zero-order chi connectivity index (χ0) is 15.4. The monoisotopic (exact) mass is 290 g/mol. The molecule has 1 amide bonds. The molecule has 1 N–H and O–H groups in total. The fourth-order valence-electron chi connectivity index (χ4n) is 2.16. The van der Waals surface area contributed by atoms with Gasteiger partial charge in [0.1, 0.15) is 11.6 Å². The number of hydrogen-bond acceptors (Lipinski definition) is 3. The molecule has 1 aromatic carbocycles. The Morgan fingerprint density at radius 1 is 1.43 bits per heavy atom. The van der Waals surface area contributed by atoms with Gasteiger partial charge in [0.15, 0.2) is 0 Å². The number of hydrogen-bond donors (Lipinski definition) is 1. The highest BCUT2D eigenvalue weighted by Gasteiger charge is 2.10. The molecule has 112 valence electrons. The molecule has 0 aliphatic heterocycles. The molecule has 21 heavy (non-hydrogen) atoms. The number of likely N-dealkylation sites (N-methyl/N-ethyl adjacent to an activating group) is 1. The molecule has 0 unspecified atom stereocenters. The lowest BCUT2D eigenvalue weighted by Crippen LogP contribution is -2.30. The highest BCUT2D eigenvalue weighted by atomic mass is 19.1. The van der Waals surface area contributed by atoms with Crippen LogP contribution in [0.5, 0.6) is 0 Å². The van der Waals surface area contributed by atoms with Gasteiger partial charge in [-0.2, -0.15) is 5.10 Å². The molecule has 0 saturated carbocycles. The van der Waals surface area contributed by atoms with Gasteiger partial charge in [0.25, 0.3) is 0 Å². The summed E-state index contributed by atoms with van der Waals surface area (Å²) in [6.07, 6.45) is 0. The van der Waals surface area contributed by atoms with E-state index in [-0.39, 0.29) is 18.3 Å². The average Bonchev–Trinajstić information content (AvgIpc) is 2.67. The van der Waals surface area contributed by atoms with Crippen LogP contribution in [0.1, 0.15) is 11.3 Å². The third-order valence-electron chi connectivity index (χ3n) is 3.02. The molecule has 2 aromatic rings. The highest BCUT2D eigenvalue weighted by Crippen LogP contribution is 2.09. The summed E-state index contributed by atoms with van der Waals surface area (Å²) in [7, 11) is 3.60. The number of anilines is 1. The molecular weight excluding hydrogens is 271 g/mol. The number of rotatable bonds is 5. The first-order valence-corrected chi connectivity index (χ1v) is 6.67. The lowest BCUT2D eigenvalue weighted by molar-refractivity contribution is -0.117. The lowest BCUT2D eigenvalue weighted by atomic mass is 10.2. The Balaban J connectivity index is 1.89. The summed E-state index contributed by atoms with van der Waals surface area (Å²) in [6, 6.07) is 8.18. The van der Waals surface area contributed by atoms with E-state index in [0.29, 0.717) is 12.4 Å². The number of nitrogens with zero attached hydrogens (tertiary/aromatic N) is 3. The van der Waals surface area contributed by atoms with Crippen LogP contribution in [0.4, 0.5) is 10.2 Å². The Hall–Kier alpha value is -2.21. The van der Waals surface area contributed by atoms with E-state index in [0.717, 1.165) is 11.3 Å². The lowest BCUT2D eigenvalue weighted by Gasteiger charge is -2.16. The molecule has 0 radical (unpaired) electrons. The van der Waals surface area contributed by atoms with Gasteiger partial charge < -0.3 is 5.32 Å². The smallest absolute Gasteiger partial charge is 0.239 e. The Labute approximate surface area is 123 Å². The van der Waals surface area contributed by atoms with Crippen LogP contribution in [0.15, 0.2) is 30.3 Å². The van der Waals surface area contributed by atoms with Crippen LogP contribution in [0.3, 0.4) is 0 Å². The number of carbonyl (C=O) groups is 1. The average molecular weight is 290 g/mol. The number of aryl methyl sites for hydroxylation is 2. The van der Waals surface area contributed by atoms with E-state index in [1.54, 1.807) is 17.8 Å². The topological polar surface area (TPSA) is 50.2 Å². The molecule has 0 saturated heterocycles. The zero-order valence-electron chi connectivity index (χ0n) is 12.4. The maximum atomic E-state index is 13.1. The van der Waals surface area contributed by atoms with Crippen molar-refractivity contribution in [1.82, 2.24) is 14.7 Å². The molecule has 0 spiro atoms. The number of aromatic nitrogens is 2. The van der Waals surface area contributed by atoms with E-state index >= 15 is 0 Å². The SMILES string of the molecule is Cc1cc(NC(=O)CN(C)Cc2cccc(F)c2)n(C)n1. The Kier molecular flexibility index (Phi) is 4.70. The normalized spacial score (nSPS) is 10.9. The van der Waals surface area contributed by atoms with E-state index in [4.69, 9.17) is 0 Å². The van der Waals surface area contributed by atoms with Crippen molar-refractivity contribution in [1.29, 1.82) is 0 Å². The first kappa shape index (κ1) is 15.2. The van der Waals surface area contributed by atoms with Crippen LogP contribution >= 0.6 is 0 Å². The fourth-order valence-corrected chi connectivity index (χ4v) is 2.16. The van der Waals surface area contributed by atoms with Gasteiger partial charge in [-0.25, -0.2) is 4.39 Å². The van der Waals surface area contributed by atoms with E-state index in [9.17, 15) is 9.18 Å². The highest BCUT2D eigenvalue weighted by molar-refractivity contribution is 5.91. The van der Waals surface area contributed by atoms with Crippen molar-refractivity contribution < 1.29 is 9.18 Å². The van der Waals surface area contributed by atoms with E-state index < -0.39 is 0 Å². The molecule has 0 aliphatic rings. The first-order chi connectivity index (χ1) is 9.94. The van der Waals surface area contributed by atoms with Crippen LogP contribution in [-0.4, -0.2) is 34.2 Å². The third-order valence-corrected chi connectivity index (χ3v) is 3.02. The van der Waals surface area contributed by atoms with E-state index in [1.165, 1.54) is 12.1 Å². The Morgan fingerprint density at radius 2 is 2.19 bits per heavy atom. The summed E-state index contributed by atoms with van der Waals surface area (Å²) in [5.41, 5.74) is 1.68. The standard InChI is InChI=1S/C15H19FN4O/c1-11-7-14(20(3)18-11)17-15(21)10-19(2)9-12-5-4-6-13(16)8-12/h4-8H,9-10H2,1-3H3,(H,17,21). The summed E-state index contributed by atoms with van der Waals surface area (Å²) in [5, 5.41) is 6.97. The first-order valence-electron chi connectivity index (χ1n) is 6.67. The van der Waals surface area contributed by atoms with Crippen LogP contribution in [0, 0.1) is 12.7 Å². The number of carbonyl (C=O) groups excluding carboxylic acids is 1. The van der Waals surface area contributed by atoms with E-state index in [2.05, 4.69) is 10.4 Å². The van der Waals surface area contributed by atoms with Crippen molar-refractivity contribution in [2.24, 2.45) is 7.05 Å². The molecule has 0 atom stereocenters. The third kappa shape index (κ3) is 4.39.